The second-order valence-corrected chi connectivity index (χ2v) is 3.78. The van der Waals surface area contributed by atoms with Crippen molar-refractivity contribution in [3.05, 3.63) is 0 Å². The molecule has 116 valence electrons. The molecule has 0 aliphatic rings. The second-order valence-electron chi connectivity index (χ2n) is 3.78. The van der Waals surface area contributed by atoms with E-state index in [4.69, 9.17) is 4.74 Å². The van der Waals surface area contributed by atoms with E-state index < -0.39 is 25.1 Å². The van der Waals surface area contributed by atoms with E-state index >= 15 is 0 Å². The van der Waals surface area contributed by atoms with Gasteiger partial charge in [0.1, 0.15) is 0 Å². The Hall–Kier alpha value is -0.540. The fourth-order valence-corrected chi connectivity index (χ4v) is 1.23. The monoisotopic (exact) mass is 297 g/mol. The van der Waals surface area contributed by atoms with Crippen molar-refractivity contribution in [3.63, 3.8) is 0 Å². The predicted octanol–water partition coefficient (Wildman–Crippen LogP) is 2.51. The Bertz CT molecular complexity index is 217. The predicted molar refractivity (Wildman–Crippen MR) is 55.8 cm³/mol. The Labute approximate surface area is 107 Å². The van der Waals surface area contributed by atoms with Gasteiger partial charge in [0.05, 0.1) is 6.61 Å². The van der Waals surface area contributed by atoms with Crippen LogP contribution in [0.4, 0.5) is 26.3 Å². The first-order chi connectivity index (χ1) is 8.69. The first-order valence-corrected chi connectivity index (χ1v) is 5.64. The van der Waals surface area contributed by atoms with E-state index in [2.05, 4.69) is 10.1 Å². The minimum Gasteiger partial charge on any atom is -0.383 e. The molecule has 1 N–H and O–H groups in total. The van der Waals surface area contributed by atoms with Crippen LogP contribution in [0.1, 0.15) is 12.8 Å². The number of hydrogen-bond donors (Lipinski definition) is 1. The summed E-state index contributed by atoms with van der Waals surface area (Å²) in [6.45, 7) is 0.955. The molecule has 0 atom stereocenters. The highest BCUT2D eigenvalue weighted by Crippen LogP contribution is 2.35. The lowest BCUT2D eigenvalue weighted by molar-refractivity contribution is -0.321. The van der Waals surface area contributed by atoms with Gasteiger partial charge in [0, 0.05) is 20.3 Å². The highest BCUT2D eigenvalue weighted by molar-refractivity contribution is 4.75. The van der Waals surface area contributed by atoms with Crippen LogP contribution in [0.2, 0.25) is 0 Å². The summed E-state index contributed by atoms with van der Waals surface area (Å²) < 4.78 is 81.0. The molecular weight excluding hydrogens is 280 g/mol. The third-order valence-electron chi connectivity index (χ3n) is 2.11. The highest BCUT2D eigenvalue weighted by atomic mass is 19.4. The van der Waals surface area contributed by atoms with Gasteiger partial charge in [-0.3, -0.25) is 0 Å². The molecule has 0 rings (SSSR count). The van der Waals surface area contributed by atoms with Gasteiger partial charge in [-0.25, -0.2) is 0 Å². The molecule has 0 unspecified atom stereocenters. The molecule has 0 aromatic heterocycles. The van der Waals surface area contributed by atoms with E-state index in [0.29, 0.717) is 26.1 Å². The SMILES string of the molecule is COCCNCCCCOC(C(F)(F)F)C(F)(F)F. The number of halogens is 6. The van der Waals surface area contributed by atoms with Crippen LogP contribution >= 0.6 is 0 Å². The van der Waals surface area contributed by atoms with Gasteiger partial charge >= 0.3 is 12.4 Å². The summed E-state index contributed by atoms with van der Waals surface area (Å²) in [6.07, 6.45) is -14.0. The van der Waals surface area contributed by atoms with Gasteiger partial charge in [-0.2, -0.15) is 26.3 Å². The maximum Gasteiger partial charge on any atom is 0.423 e. The zero-order chi connectivity index (χ0) is 14.9. The average molecular weight is 297 g/mol. The Balaban J connectivity index is 3.78. The Morgan fingerprint density at radius 3 is 1.95 bits per heavy atom. The lowest BCUT2D eigenvalue weighted by Crippen LogP contribution is -2.44. The molecule has 0 fully saturated rings. The van der Waals surface area contributed by atoms with Crippen LogP contribution in [0.25, 0.3) is 0 Å². The number of methoxy groups -OCH3 is 1. The minimum atomic E-state index is -5.44. The van der Waals surface area contributed by atoms with Crippen molar-refractivity contribution in [1.82, 2.24) is 5.32 Å². The lowest BCUT2D eigenvalue weighted by Gasteiger charge is -2.23. The standard InChI is InChI=1S/C10H17F6NO2/c1-18-7-5-17-4-2-3-6-19-8(9(11,12)13)10(14,15)16/h8,17H,2-7H2,1H3. The lowest BCUT2D eigenvalue weighted by atomic mass is 10.3. The van der Waals surface area contributed by atoms with Crippen LogP contribution in [-0.2, 0) is 9.47 Å². The Morgan fingerprint density at radius 1 is 0.895 bits per heavy atom. The van der Waals surface area contributed by atoms with Gasteiger partial charge in [-0.05, 0) is 19.4 Å². The van der Waals surface area contributed by atoms with E-state index in [0.717, 1.165) is 0 Å². The van der Waals surface area contributed by atoms with Crippen LogP contribution < -0.4 is 5.32 Å². The minimum absolute atomic E-state index is 0.114. The molecule has 0 aliphatic carbocycles. The molecule has 19 heavy (non-hydrogen) atoms. The van der Waals surface area contributed by atoms with E-state index in [1.807, 2.05) is 0 Å². The van der Waals surface area contributed by atoms with Crippen molar-refractivity contribution in [2.24, 2.45) is 0 Å². The third kappa shape index (κ3) is 9.06. The van der Waals surface area contributed by atoms with Crippen molar-refractivity contribution in [2.45, 2.75) is 31.3 Å². The van der Waals surface area contributed by atoms with Gasteiger partial charge in [-0.15, -0.1) is 0 Å². The average Bonchev–Trinajstić information content (AvgIpc) is 2.23. The van der Waals surface area contributed by atoms with Crippen LogP contribution in [-0.4, -0.2) is 51.9 Å². The van der Waals surface area contributed by atoms with E-state index in [1.165, 1.54) is 7.11 Å². The fraction of sp³-hybridized carbons (Fsp3) is 1.00. The smallest absolute Gasteiger partial charge is 0.383 e. The first-order valence-electron chi connectivity index (χ1n) is 5.64. The fourth-order valence-electron chi connectivity index (χ4n) is 1.23. The van der Waals surface area contributed by atoms with Crippen LogP contribution in [0.3, 0.4) is 0 Å². The number of unbranched alkanes of at least 4 members (excludes halogenated alkanes) is 1. The summed E-state index contributed by atoms with van der Waals surface area (Å²) >= 11 is 0. The molecule has 0 amide bonds. The Morgan fingerprint density at radius 2 is 1.47 bits per heavy atom. The summed E-state index contributed by atoms with van der Waals surface area (Å²) in [7, 11) is 1.52. The molecule has 0 heterocycles. The quantitative estimate of drug-likeness (QED) is 0.524. The first kappa shape index (κ1) is 18.5. The van der Waals surface area contributed by atoms with Gasteiger partial charge in [0.25, 0.3) is 0 Å². The third-order valence-corrected chi connectivity index (χ3v) is 2.11. The molecule has 0 saturated heterocycles. The van der Waals surface area contributed by atoms with E-state index in [9.17, 15) is 26.3 Å². The molecule has 0 radical (unpaired) electrons. The van der Waals surface area contributed by atoms with Gasteiger partial charge in [0.2, 0.25) is 6.10 Å². The highest BCUT2D eigenvalue weighted by Gasteiger charge is 2.57. The molecular formula is C10H17F6NO2. The number of rotatable bonds is 9. The van der Waals surface area contributed by atoms with E-state index in [-0.39, 0.29) is 6.42 Å². The topological polar surface area (TPSA) is 30.5 Å². The molecule has 0 aliphatic heterocycles. The zero-order valence-electron chi connectivity index (χ0n) is 10.4. The number of ether oxygens (including phenoxy) is 2. The molecule has 9 heteroatoms. The van der Waals surface area contributed by atoms with Crippen LogP contribution in [0.5, 0.6) is 0 Å². The summed E-state index contributed by atoms with van der Waals surface area (Å²) in [6, 6.07) is 0. The summed E-state index contributed by atoms with van der Waals surface area (Å²) in [4.78, 5) is 0. The zero-order valence-corrected chi connectivity index (χ0v) is 10.4. The molecule has 0 saturated carbocycles. The molecule has 0 bridgehead atoms. The summed E-state index contributed by atoms with van der Waals surface area (Å²) in [5.74, 6) is 0. The maximum atomic E-state index is 12.1. The van der Waals surface area contributed by atoms with Crippen molar-refractivity contribution in [1.29, 1.82) is 0 Å². The van der Waals surface area contributed by atoms with Crippen molar-refractivity contribution in [2.75, 3.05) is 33.4 Å². The Kier molecular flexibility index (Phi) is 8.35. The van der Waals surface area contributed by atoms with Gasteiger partial charge in [0.15, 0.2) is 0 Å². The molecule has 0 aromatic carbocycles. The van der Waals surface area contributed by atoms with Crippen molar-refractivity contribution >= 4 is 0 Å². The molecule has 3 nitrogen and oxygen atoms in total. The summed E-state index contributed by atoms with van der Waals surface area (Å²) in [5, 5.41) is 2.91. The number of alkyl halides is 6. The van der Waals surface area contributed by atoms with Crippen LogP contribution in [0.15, 0.2) is 0 Å². The van der Waals surface area contributed by atoms with Crippen molar-refractivity contribution < 1.29 is 35.8 Å². The van der Waals surface area contributed by atoms with Crippen molar-refractivity contribution in [3.8, 4) is 0 Å². The largest absolute Gasteiger partial charge is 0.423 e. The summed E-state index contributed by atoms with van der Waals surface area (Å²) in [5.41, 5.74) is 0. The second kappa shape index (κ2) is 8.60. The maximum absolute atomic E-state index is 12.1. The van der Waals surface area contributed by atoms with E-state index in [1.54, 1.807) is 0 Å². The number of hydrogen-bond acceptors (Lipinski definition) is 3. The van der Waals surface area contributed by atoms with Gasteiger partial charge < -0.3 is 14.8 Å². The van der Waals surface area contributed by atoms with Gasteiger partial charge in [-0.1, -0.05) is 0 Å². The molecule has 0 spiro atoms. The normalized spacial score (nSPS) is 13.3. The number of nitrogens with one attached hydrogen (secondary N) is 1. The molecule has 0 aromatic rings. The van der Waals surface area contributed by atoms with Crippen LogP contribution in [0, 0.1) is 0 Å².